The first-order valence-corrected chi connectivity index (χ1v) is 20.0. The highest BCUT2D eigenvalue weighted by Gasteiger charge is 2.25. The van der Waals surface area contributed by atoms with Crippen molar-refractivity contribution in [3.63, 3.8) is 0 Å². The molecule has 11 rings (SSSR count). The smallest absolute Gasteiger partial charge is 0.161 e. The summed E-state index contributed by atoms with van der Waals surface area (Å²) in [5, 5.41) is 5.51. The molecule has 2 aromatic heterocycles. The number of thiazole rings is 1. The van der Waals surface area contributed by atoms with E-state index in [1.165, 1.54) is 33.0 Å². The normalized spacial score (nSPS) is 11.5. The first-order chi connectivity index (χ1) is 28.2. The Balaban J connectivity index is 1.10. The van der Waals surface area contributed by atoms with Gasteiger partial charge in [0.05, 0.1) is 10.2 Å². The summed E-state index contributed by atoms with van der Waals surface area (Å²) < 4.78 is 7.93. The standard InChI is InChI=1S/C53H34N2OS/c1-3-11-35(12-4-1)38-19-21-39(22-20-38)41-27-31-45(32-28-41)55(44-29-25-40(26-30-44)36-13-5-2-6-14-36)50-51-47(46-17-9-10-18-49(46)56-51)34-48-52(50)57-53(54-48)43-24-23-37-15-7-8-16-42(37)33-43/h1-34H. The molecular formula is C53H34N2OS. The van der Waals surface area contributed by atoms with Gasteiger partial charge in [-0.05, 0) is 86.6 Å². The van der Waals surface area contributed by atoms with Crippen molar-refractivity contribution in [2.75, 3.05) is 4.90 Å². The number of anilines is 3. The van der Waals surface area contributed by atoms with Crippen LogP contribution in [0.5, 0.6) is 0 Å². The van der Waals surface area contributed by atoms with E-state index in [1.54, 1.807) is 11.3 Å². The number of aromatic nitrogens is 1. The maximum Gasteiger partial charge on any atom is 0.161 e. The van der Waals surface area contributed by atoms with Gasteiger partial charge in [0.25, 0.3) is 0 Å². The zero-order valence-corrected chi connectivity index (χ0v) is 31.7. The van der Waals surface area contributed by atoms with Gasteiger partial charge < -0.3 is 9.32 Å². The average Bonchev–Trinajstić information content (AvgIpc) is 3.89. The van der Waals surface area contributed by atoms with Gasteiger partial charge in [0.2, 0.25) is 0 Å². The number of hydrogen-bond acceptors (Lipinski definition) is 4. The maximum atomic E-state index is 6.86. The SMILES string of the molecule is c1ccc(-c2ccc(-c3ccc(N(c4ccc(-c5ccccc5)cc4)c4c5oc6ccccc6c5cc5nc(-c6ccc7ccccc7c6)sc45)cc3)cc2)cc1. The van der Waals surface area contributed by atoms with Crippen LogP contribution >= 0.6 is 11.3 Å². The van der Waals surface area contributed by atoms with Crippen LogP contribution in [0.4, 0.5) is 17.1 Å². The van der Waals surface area contributed by atoms with Crippen LogP contribution in [-0.2, 0) is 0 Å². The number of rotatable bonds is 7. The summed E-state index contributed by atoms with van der Waals surface area (Å²) in [4.78, 5) is 7.70. The molecule has 3 nitrogen and oxygen atoms in total. The van der Waals surface area contributed by atoms with Crippen LogP contribution in [0, 0.1) is 0 Å². The van der Waals surface area contributed by atoms with Gasteiger partial charge in [-0.3, -0.25) is 0 Å². The van der Waals surface area contributed by atoms with E-state index in [4.69, 9.17) is 9.40 Å². The fourth-order valence-corrected chi connectivity index (χ4v) is 9.07. The minimum absolute atomic E-state index is 0.838. The van der Waals surface area contributed by atoms with Crippen molar-refractivity contribution < 1.29 is 4.42 Å². The Bertz CT molecular complexity index is 3200. The summed E-state index contributed by atoms with van der Waals surface area (Å²) in [7, 11) is 0. The van der Waals surface area contributed by atoms with Crippen molar-refractivity contribution in [1.82, 2.24) is 4.98 Å². The third-order valence-electron chi connectivity index (χ3n) is 10.9. The van der Waals surface area contributed by atoms with Gasteiger partial charge in [-0.25, -0.2) is 4.98 Å². The van der Waals surface area contributed by atoms with E-state index < -0.39 is 0 Å². The first-order valence-electron chi connectivity index (χ1n) is 19.2. The predicted molar refractivity (Wildman–Crippen MR) is 241 cm³/mol. The molecule has 2 heterocycles. The molecule has 0 atom stereocenters. The van der Waals surface area contributed by atoms with Gasteiger partial charge in [-0.15, -0.1) is 11.3 Å². The molecule has 0 spiro atoms. The third-order valence-corrected chi connectivity index (χ3v) is 12.0. The largest absolute Gasteiger partial charge is 0.454 e. The van der Waals surface area contributed by atoms with Crippen molar-refractivity contribution >= 4 is 71.3 Å². The Morgan fingerprint density at radius 3 is 1.51 bits per heavy atom. The molecule has 4 heteroatoms. The van der Waals surface area contributed by atoms with Gasteiger partial charge in [0, 0.05) is 27.7 Å². The lowest BCUT2D eigenvalue weighted by atomic mass is 10.00. The van der Waals surface area contributed by atoms with Gasteiger partial charge in [0.1, 0.15) is 16.3 Å². The number of benzene rings is 9. The van der Waals surface area contributed by atoms with Gasteiger partial charge in [0.15, 0.2) is 5.58 Å². The summed E-state index contributed by atoms with van der Waals surface area (Å²) >= 11 is 1.71. The summed E-state index contributed by atoms with van der Waals surface area (Å²) in [6, 6.07) is 73.3. The second-order valence-corrected chi connectivity index (χ2v) is 15.4. The minimum atomic E-state index is 0.838. The summed E-state index contributed by atoms with van der Waals surface area (Å²) in [6.07, 6.45) is 0. The molecule has 11 aromatic rings. The maximum absolute atomic E-state index is 6.86. The fourth-order valence-electron chi connectivity index (χ4n) is 8.00. The van der Waals surface area contributed by atoms with Crippen LogP contribution in [0.1, 0.15) is 0 Å². The molecule has 9 aromatic carbocycles. The Hall–Kier alpha value is -7.27. The molecule has 0 N–H and O–H groups in total. The first kappa shape index (κ1) is 33.1. The number of furan rings is 1. The highest BCUT2D eigenvalue weighted by molar-refractivity contribution is 7.22. The molecule has 0 unspecified atom stereocenters. The molecular weight excluding hydrogens is 713 g/mol. The zero-order chi connectivity index (χ0) is 37.7. The fraction of sp³-hybridized carbons (Fsp3) is 0. The topological polar surface area (TPSA) is 29.3 Å². The lowest BCUT2D eigenvalue weighted by Gasteiger charge is -2.26. The van der Waals surface area contributed by atoms with Crippen LogP contribution in [0.2, 0.25) is 0 Å². The third kappa shape index (κ3) is 5.95. The highest BCUT2D eigenvalue weighted by Crippen LogP contribution is 2.49. The Labute approximate surface area is 334 Å². The lowest BCUT2D eigenvalue weighted by Crippen LogP contribution is -2.10. The van der Waals surface area contributed by atoms with Crippen molar-refractivity contribution in [2.45, 2.75) is 0 Å². The predicted octanol–water partition coefficient (Wildman–Crippen LogP) is 15.5. The number of hydrogen-bond donors (Lipinski definition) is 0. The van der Waals surface area contributed by atoms with Crippen LogP contribution < -0.4 is 4.90 Å². The van der Waals surface area contributed by atoms with E-state index in [0.29, 0.717) is 0 Å². The summed E-state index contributed by atoms with van der Waals surface area (Å²) in [5.74, 6) is 0. The Morgan fingerprint density at radius 1 is 0.404 bits per heavy atom. The number of nitrogens with zero attached hydrogens (tertiary/aromatic N) is 2. The number of para-hydroxylation sites is 1. The van der Waals surface area contributed by atoms with Crippen molar-refractivity contribution in [3.05, 3.63) is 206 Å². The zero-order valence-electron chi connectivity index (χ0n) is 30.8. The average molecular weight is 747 g/mol. The van der Waals surface area contributed by atoms with E-state index in [1.807, 2.05) is 6.07 Å². The van der Waals surface area contributed by atoms with Gasteiger partial charge >= 0.3 is 0 Å². The van der Waals surface area contributed by atoms with E-state index in [9.17, 15) is 0 Å². The van der Waals surface area contributed by atoms with Crippen molar-refractivity contribution in [2.24, 2.45) is 0 Å². The van der Waals surface area contributed by atoms with Gasteiger partial charge in [-0.1, -0.05) is 164 Å². The van der Waals surface area contributed by atoms with E-state index >= 15 is 0 Å². The Morgan fingerprint density at radius 2 is 0.895 bits per heavy atom. The van der Waals surface area contributed by atoms with E-state index in [-0.39, 0.29) is 0 Å². The van der Waals surface area contributed by atoms with Crippen molar-refractivity contribution in [1.29, 1.82) is 0 Å². The van der Waals surface area contributed by atoms with Crippen molar-refractivity contribution in [3.8, 4) is 44.0 Å². The van der Waals surface area contributed by atoms with Crippen LogP contribution in [0.3, 0.4) is 0 Å². The summed E-state index contributed by atoms with van der Waals surface area (Å²) in [5.41, 5.74) is 13.9. The second kappa shape index (κ2) is 13.8. The highest BCUT2D eigenvalue weighted by atomic mass is 32.1. The molecule has 0 fully saturated rings. The minimum Gasteiger partial charge on any atom is -0.454 e. The van der Waals surface area contributed by atoms with Gasteiger partial charge in [-0.2, -0.15) is 0 Å². The quantitative estimate of drug-likeness (QED) is 0.163. The lowest BCUT2D eigenvalue weighted by molar-refractivity contribution is 0.669. The van der Waals surface area contributed by atoms with Crippen LogP contribution in [0.15, 0.2) is 211 Å². The molecule has 268 valence electrons. The molecule has 0 aliphatic heterocycles. The number of fused-ring (bicyclic) bond motifs is 5. The second-order valence-electron chi connectivity index (χ2n) is 14.4. The van der Waals surface area contributed by atoms with Crippen LogP contribution in [-0.4, -0.2) is 4.98 Å². The van der Waals surface area contributed by atoms with Crippen LogP contribution in [0.25, 0.3) is 86.9 Å². The molecule has 0 radical (unpaired) electrons. The van der Waals surface area contributed by atoms with E-state index in [0.717, 1.165) is 70.9 Å². The molecule has 0 aliphatic rings. The molecule has 0 saturated carbocycles. The summed E-state index contributed by atoms with van der Waals surface area (Å²) in [6.45, 7) is 0. The molecule has 57 heavy (non-hydrogen) atoms. The van der Waals surface area contributed by atoms with E-state index in [2.05, 4.69) is 205 Å². The monoisotopic (exact) mass is 746 g/mol. The molecule has 0 amide bonds. The Kier molecular flexibility index (Phi) is 8.01. The molecule has 0 saturated heterocycles. The molecule has 0 bridgehead atoms. The molecule has 0 aliphatic carbocycles.